The van der Waals surface area contributed by atoms with Crippen molar-refractivity contribution in [1.82, 2.24) is 4.72 Å². The fraction of sp³-hybridized carbons (Fsp3) is 1.00. The first kappa shape index (κ1) is 9.99. The van der Waals surface area contributed by atoms with Gasteiger partial charge in [-0.1, -0.05) is 0 Å². The number of hydrogen-bond acceptors (Lipinski definition) is 2. The van der Waals surface area contributed by atoms with Gasteiger partial charge in [0.1, 0.15) is 0 Å². The summed E-state index contributed by atoms with van der Waals surface area (Å²) in [7, 11) is -3.07. The summed E-state index contributed by atoms with van der Waals surface area (Å²) in [6.45, 7) is 5.37. The van der Waals surface area contributed by atoms with Crippen LogP contribution in [0.5, 0.6) is 0 Å². The minimum atomic E-state index is -3.07. The van der Waals surface area contributed by atoms with E-state index in [-0.39, 0.29) is 10.8 Å². The standard InChI is InChI=1S/C8H17NO2S/c1-7(2)12(10,11)9-8(3)5-4-6-8/h7,9H,4-6H2,1-3H3. The molecule has 0 radical (unpaired) electrons. The third kappa shape index (κ3) is 1.98. The first-order chi connectivity index (χ1) is 5.36. The van der Waals surface area contributed by atoms with Crippen LogP contribution in [0.15, 0.2) is 0 Å². The molecule has 0 aromatic carbocycles. The monoisotopic (exact) mass is 191 g/mol. The van der Waals surface area contributed by atoms with Crippen LogP contribution in [0.3, 0.4) is 0 Å². The molecule has 1 saturated carbocycles. The summed E-state index contributed by atoms with van der Waals surface area (Å²) in [4.78, 5) is 0. The smallest absolute Gasteiger partial charge is 0.212 e. The zero-order valence-corrected chi connectivity index (χ0v) is 8.74. The molecule has 12 heavy (non-hydrogen) atoms. The molecule has 0 spiro atoms. The Bertz CT molecular complexity index is 252. The average Bonchev–Trinajstić information content (AvgIpc) is 1.83. The molecule has 1 fully saturated rings. The van der Waals surface area contributed by atoms with Crippen LogP contribution in [0, 0.1) is 0 Å². The van der Waals surface area contributed by atoms with E-state index in [1.54, 1.807) is 13.8 Å². The van der Waals surface area contributed by atoms with Crippen LogP contribution in [-0.4, -0.2) is 19.2 Å². The summed E-state index contributed by atoms with van der Waals surface area (Å²) in [5, 5.41) is -0.324. The minimum absolute atomic E-state index is 0.150. The summed E-state index contributed by atoms with van der Waals surface area (Å²) in [5.74, 6) is 0. The third-order valence-electron chi connectivity index (χ3n) is 2.47. The fourth-order valence-corrected chi connectivity index (χ4v) is 2.40. The van der Waals surface area contributed by atoms with Gasteiger partial charge in [-0.25, -0.2) is 13.1 Å². The second kappa shape index (κ2) is 3.00. The Hall–Kier alpha value is -0.0900. The topological polar surface area (TPSA) is 46.2 Å². The molecule has 1 aliphatic rings. The summed E-state index contributed by atoms with van der Waals surface area (Å²) in [5.41, 5.74) is -0.150. The molecule has 0 unspecified atom stereocenters. The molecule has 1 aliphatic carbocycles. The molecule has 4 heteroatoms. The van der Waals surface area contributed by atoms with Crippen molar-refractivity contribution in [1.29, 1.82) is 0 Å². The van der Waals surface area contributed by atoms with Gasteiger partial charge in [-0.2, -0.15) is 0 Å². The van der Waals surface area contributed by atoms with Gasteiger partial charge < -0.3 is 0 Å². The summed E-state index contributed by atoms with van der Waals surface area (Å²) in [6, 6.07) is 0. The van der Waals surface area contributed by atoms with Crippen molar-refractivity contribution in [3.8, 4) is 0 Å². The lowest BCUT2D eigenvalue weighted by atomic mass is 9.80. The number of hydrogen-bond donors (Lipinski definition) is 1. The summed E-state index contributed by atoms with van der Waals surface area (Å²) < 4.78 is 25.6. The van der Waals surface area contributed by atoms with Crippen molar-refractivity contribution in [2.75, 3.05) is 0 Å². The molecule has 1 rings (SSSR count). The lowest BCUT2D eigenvalue weighted by molar-refractivity contribution is 0.247. The third-order valence-corrected chi connectivity index (χ3v) is 4.48. The normalized spacial score (nSPS) is 22.3. The van der Waals surface area contributed by atoms with E-state index in [1.807, 2.05) is 6.92 Å². The van der Waals surface area contributed by atoms with E-state index >= 15 is 0 Å². The minimum Gasteiger partial charge on any atom is -0.212 e. The van der Waals surface area contributed by atoms with Crippen LogP contribution in [0.25, 0.3) is 0 Å². The Morgan fingerprint density at radius 3 is 2.08 bits per heavy atom. The average molecular weight is 191 g/mol. The van der Waals surface area contributed by atoms with Crippen molar-refractivity contribution >= 4 is 10.0 Å². The van der Waals surface area contributed by atoms with E-state index in [4.69, 9.17) is 0 Å². The van der Waals surface area contributed by atoms with Crippen LogP contribution >= 0.6 is 0 Å². The molecule has 3 nitrogen and oxygen atoms in total. The molecule has 0 heterocycles. The summed E-state index contributed by atoms with van der Waals surface area (Å²) in [6.07, 6.45) is 3.08. The van der Waals surface area contributed by atoms with E-state index in [1.165, 1.54) is 0 Å². The molecule has 72 valence electrons. The van der Waals surface area contributed by atoms with Gasteiger partial charge in [-0.3, -0.25) is 0 Å². The predicted molar refractivity (Wildman–Crippen MR) is 49.4 cm³/mol. The maximum absolute atomic E-state index is 11.4. The Kier molecular flexibility index (Phi) is 2.50. The molecule has 0 amide bonds. The molecule has 0 aromatic heterocycles. The van der Waals surface area contributed by atoms with Gasteiger partial charge in [-0.05, 0) is 40.0 Å². The lowest BCUT2D eigenvalue weighted by Crippen LogP contribution is -2.52. The lowest BCUT2D eigenvalue weighted by Gasteiger charge is -2.39. The highest BCUT2D eigenvalue weighted by molar-refractivity contribution is 7.90. The van der Waals surface area contributed by atoms with Gasteiger partial charge in [0.15, 0.2) is 0 Å². The van der Waals surface area contributed by atoms with E-state index in [0.717, 1.165) is 19.3 Å². The van der Waals surface area contributed by atoms with Gasteiger partial charge in [0.25, 0.3) is 0 Å². The number of sulfonamides is 1. The molecule has 1 N–H and O–H groups in total. The second-order valence-electron chi connectivity index (χ2n) is 4.11. The summed E-state index contributed by atoms with van der Waals surface area (Å²) >= 11 is 0. The molecule has 0 aliphatic heterocycles. The van der Waals surface area contributed by atoms with E-state index in [0.29, 0.717) is 0 Å². The Labute approximate surface area is 74.6 Å². The SMILES string of the molecule is CC(C)S(=O)(=O)NC1(C)CCC1. The van der Waals surface area contributed by atoms with Crippen LogP contribution < -0.4 is 4.72 Å². The first-order valence-electron chi connectivity index (χ1n) is 4.38. The van der Waals surface area contributed by atoms with Crippen molar-refractivity contribution < 1.29 is 8.42 Å². The quantitative estimate of drug-likeness (QED) is 0.730. The van der Waals surface area contributed by atoms with E-state index in [9.17, 15) is 8.42 Å². The number of rotatable bonds is 3. The van der Waals surface area contributed by atoms with Gasteiger partial charge >= 0.3 is 0 Å². The van der Waals surface area contributed by atoms with Crippen molar-refractivity contribution in [2.24, 2.45) is 0 Å². The van der Waals surface area contributed by atoms with Crippen LogP contribution in [0.4, 0.5) is 0 Å². The second-order valence-corrected chi connectivity index (χ2v) is 6.35. The van der Waals surface area contributed by atoms with Crippen LogP contribution in [-0.2, 0) is 10.0 Å². The van der Waals surface area contributed by atoms with Crippen LogP contribution in [0.2, 0.25) is 0 Å². The van der Waals surface area contributed by atoms with Crippen molar-refractivity contribution in [3.05, 3.63) is 0 Å². The Morgan fingerprint density at radius 1 is 1.33 bits per heavy atom. The largest absolute Gasteiger partial charge is 0.214 e. The van der Waals surface area contributed by atoms with Gasteiger partial charge in [-0.15, -0.1) is 0 Å². The Morgan fingerprint density at radius 2 is 1.83 bits per heavy atom. The van der Waals surface area contributed by atoms with Crippen molar-refractivity contribution in [3.63, 3.8) is 0 Å². The maximum atomic E-state index is 11.4. The van der Waals surface area contributed by atoms with Crippen LogP contribution in [0.1, 0.15) is 40.0 Å². The molecular formula is C8H17NO2S. The van der Waals surface area contributed by atoms with Gasteiger partial charge in [0, 0.05) is 5.54 Å². The Balaban J connectivity index is 2.61. The van der Waals surface area contributed by atoms with E-state index in [2.05, 4.69) is 4.72 Å². The highest BCUT2D eigenvalue weighted by atomic mass is 32.2. The molecule has 0 aromatic rings. The molecule has 0 atom stereocenters. The zero-order valence-electron chi connectivity index (χ0n) is 7.92. The highest BCUT2D eigenvalue weighted by Gasteiger charge is 2.36. The van der Waals surface area contributed by atoms with Crippen molar-refractivity contribution in [2.45, 2.75) is 50.8 Å². The van der Waals surface area contributed by atoms with Gasteiger partial charge in [0.2, 0.25) is 10.0 Å². The highest BCUT2D eigenvalue weighted by Crippen LogP contribution is 2.31. The predicted octanol–water partition coefficient (Wildman–Crippen LogP) is 1.26. The molecular weight excluding hydrogens is 174 g/mol. The first-order valence-corrected chi connectivity index (χ1v) is 5.93. The fourth-order valence-electron chi connectivity index (χ4n) is 1.27. The number of nitrogens with one attached hydrogen (secondary N) is 1. The molecule has 0 saturated heterocycles. The van der Waals surface area contributed by atoms with Gasteiger partial charge in [0.05, 0.1) is 5.25 Å². The molecule has 0 bridgehead atoms. The van der Waals surface area contributed by atoms with E-state index < -0.39 is 10.0 Å². The zero-order chi connectivity index (χ0) is 9.41. The maximum Gasteiger partial charge on any atom is 0.214 e.